The van der Waals surface area contributed by atoms with E-state index in [0.717, 1.165) is 4.68 Å². The van der Waals surface area contributed by atoms with Gasteiger partial charge in [-0.05, 0) is 25.1 Å². The number of alkyl halides is 6. The summed E-state index contributed by atoms with van der Waals surface area (Å²) in [6, 6.07) is 1.25. The number of ether oxygens (including phenoxy) is 1. The number of thioether (sulfide) groups is 1. The molecule has 2 aromatic rings. The van der Waals surface area contributed by atoms with E-state index in [0.29, 0.717) is 49.9 Å². The summed E-state index contributed by atoms with van der Waals surface area (Å²) in [6.45, 7) is 3.60. The fourth-order valence-electron chi connectivity index (χ4n) is 3.50. The number of amides is 1. The number of hydrogen-bond donors (Lipinski definition) is 0. The average molecular weight is 508 g/mol. The summed E-state index contributed by atoms with van der Waals surface area (Å²) in [5.74, 6) is 0.694. The summed E-state index contributed by atoms with van der Waals surface area (Å²) in [5, 5.41) is 12.3. The fraction of sp³-hybridized carbons (Fsp3) is 0.474. The van der Waals surface area contributed by atoms with Crippen LogP contribution in [0, 0.1) is 0 Å². The molecule has 15 heteroatoms. The van der Waals surface area contributed by atoms with Gasteiger partial charge in [-0.2, -0.15) is 36.1 Å². The predicted octanol–water partition coefficient (Wildman–Crippen LogP) is 4.02. The highest BCUT2D eigenvalue weighted by molar-refractivity contribution is 7.99. The van der Waals surface area contributed by atoms with Gasteiger partial charge in [-0.1, -0.05) is 11.8 Å². The molecule has 1 aromatic heterocycles. The first-order valence-corrected chi connectivity index (χ1v) is 11.1. The molecule has 0 N–H and O–H groups in total. The summed E-state index contributed by atoms with van der Waals surface area (Å²) in [7, 11) is 0. The van der Waals surface area contributed by atoms with Gasteiger partial charge in [0.05, 0.1) is 23.5 Å². The first kappa shape index (κ1) is 24.2. The van der Waals surface area contributed by atoms with E-state index in [9.17, 15) is 31.1 Å². The van der Waals surface area contributed by atoms with Crippen molar-refractivity contribution in [1.29, 1.82) is 0 Å². The quantitative estimate of drug-likeness (QED) is 0.571. The number of nitrogens with zero attached hydrogens (tertiary/aromatic N) is 6. The second kappa shape index (κ2) is 9.00. The molecule has 0 unspecified atom stereocenters. The fourth-order valence-corrected chi connectivity index (χ4v) is 4.35. The van der Waals surface area contributed by atoms with Crippen LogP contribution >= 0.6 is 11.8 Å². The summed E-state index contributed by atoms with van der Waals surface area (Å²) in [4.78, 5) is 15.3. The third-order valence-corrected chi connectivity index (χ3v) is 6.09. The lowest BCUT2D eigenvalue weighted by Crippen LogP contribution is -2.51. The van der Waals surface area contributed by atoms with Crippen molar-refractivity contribution < 1.29 is 35.9 Å². The first-order valence-electron chi connectivity index (χ1n) is 10.1. The number of carbonyl (C=O) groups excluding carboxylic acids is 1. The topological polar surface area (TPSA) is 75.8 Å². The van der Waals surface area contributed by atoms with Crippen molar-refractivity contribution >= 4 is 23.7 Å². The molecule has 3 heterocycles. The Morgan fingerprint density at radius 2 is 1.62 bits per heavy atom. The van der Waals surface area contributed by atoms with Gasteiger partial charge in [0.2, 0.25) is 5.16 Å². The van der Waals surface area contributed by atoms with Gasteiger partial charge in [-0.15, -0.1) is 10.2 Å². The maximum Gasteiger partial charge on any atom is 0.416 e. The first-order chi connectivity index (χ1) is 16.0. The third-order valence-electron chi connectivity index (χ3n) is 5.17. The lowest BCUT2D eigenvalue weighted by atomic mass is 10.0. The minimum Gasteiger partial charge on any atom is -0.450 e. The van der Waals surface area contributed by atoms with Gasteiger partial charge in [0.1, 0.15) is 5.84 Å². The maximum absolute atomic E-state index is 13.3. The number of hydrogen-bond acceptors (Lipinski definition) is 7. The van der Waals surface area contributed by atoms with Crippen molar-refractivity contribution in [3.8, 4) is 11.4 Å². The van der Waals surface area contributed by atoms with Crippen LogP contribution in [0.5, 0.6) is 0 Å². The Kier molecular flexibility index (Phi) is 6.40. The van der Waals surface area contributed by atoms with E-state index in [1.165, 1.54) is 11.8 Å². The van der Waals surface area contributed by atoms with Crippen molar-refractivity contribution in [2.24, 2.45) is 5.10 Å². The van der Waals surface area contributed by atoms with Gasteiger partial charge in [0.25, 0.3) is 0 Å². The van der Waals surface area contributed by atoms with E-state index < -0.39 is 35.1 Å². The number of carbonyl (C=O) groups is 1. The molecule has 0 radical (unpaired) electrons. The molecule has 184 valence electrons. The molecule has 0 atom stereocenters. The maximum atomic E-state index is 13.3. The highest BCUT2D eigenvalue weighted by Gasteiger charge is 2.38. The normalized spacial score (nSPS) is 16.9. The van der Waals surface area contributed by atoms with Crippen LogP contribution in [0.15, 0.2) is 28.5 Å². The number of aromatic nitrogens is 3. The van der Waals surface area contributed by atoms with Crippen molar-refractivity contribution in [2.45, 2.75) is 24.4 Å². The van der Waals surface area contributed by atoms with Gasteiger partial charge in [-0.3, -0.25) is 0 Å². The van der Waals surface area contributed by atoms with E-state index in [1.807, 2.05) is 4.90 Å². The molecule has 4 rings (SSSR count). The molecule has 34 heavy (non-hydrogen) atoms. The molecule has 1 saturated heterocycles. The minimum atomic E-state index is -4.98. The molecule has 1 aromatic carbocycles. The van der Waals surface area contributed by atoms with E-state index in [-0.39, 0.29) is 23.7 Å². The summed E-state index contributed by atoms with van der Waals surface area (Å²) < 4.78 is 85.8. The molecule has 0 aliphatic carbocycles. The second-order valence-corrected chi connectivity index (χ2v) is 8.33. The standard InChI is InChI=1S/C19H18F6N6O2S/c1-2-33-17(32)30-5-3-29(4-6-30)14-10-34-16-27-26-15(31(16)28-14)11-7-12(18(20,21)22)9-13(8-11)19(23,24)25/h7-9H,2-6,10H2,1H3. The molecular weight excluding hydrogens is 490 g/mol. The summed E-state index contributed by atoms with van der Waals surface area (Å²) in [6.07, 6.45) is -10.4. The van der Waals surface area contributed by atoms with Crippen molar-refractivity contribution in [2.75, 3.05) is 38.5 Å². The Hall–Kier alpha value is -2.97. The smallest absolute Gasteiger partial charge is 0.416 e. The van der Waals surface area contributed by atoms with Gasteiger partial charge >= 0.3 is 18.4 Å². The van der Waals surface area contributed by atoms with Crippen molar-refractivity contribution in [3.05, 3.63) is 29.3 Å². The molecule has 1 amide bonds. The number of rotatable bonds is 2. The van der Waals surface area contributed by atoms with Gasteiger partial charge in [0, 0.05) is 31.7 Å². The SMILES string of the molecule is CCOC(=O)N1CCN(C2=Nn3c(nnc3-c3cc(C(F)(F)F)cc(C(F)(F)F)c3)SC2)CC1. The van der Waals surface area contributed by atoms with Crippen LogP contribution < -0.4 is 0 Å². The van der Waals surface area contributed by atoms with Gasteiger partial charge in [0.15, 0.2) is 5.82 Å². The molecule has 1 fully saturated rings. The highest BCUT2D eigenvalue weighted by atomic mass is 32.2. The second-order valence-electron chi connectivity index (χ2n) is 7.39. The predicted molar refractivity (Wildman–Crippen MR) is 109 cm³/mol. The number of benzene rings is 1. The van der Waals surface area contributed by atoms with Crippen LogP contribution in [0.2, 0.25) is 0 Å². The monoisotopic (exact) mass is 508 g/mol. The zero-order valence-electron chi connectivity index (χ0n) is 17.7. The van der Waals surface area contributed by atoms with Crippen LogP contribution in [0.1, 0.15) is 18.1 Å². The molecule has 2 aliphatic rings. The Bertz CT molecular complexity index is 1080. The highest BCUT2D eigenvalue weighted by Crippen LogP contribution is 2.39. The molecule has 0 saturated carbocycles. The van der Waals surface area contributed by atoms with Gasteiger partial charge < -0.3 is 14.5 Å². The van der Waals surface area contributed by atoms with E-state index in [2.05, 4.69) is 15.3 Å². The number of halogens is 6. The van der Waals surface area contributed by atoms with E-state index >= 15 is 0 Å². The van der Waals surface area contributed by atoms with Crippen LogP contribution in [0.25, 0.3) is 11.4 Å². The zero-order valence-corrected chi connectivity index (χ0v) is 18.5. The lowest BCUT2D eigenvalue weighted by molar-refractivity contribution is -0.143. The number of amidine groups is 1. The van der Waals surface area contributed by atoms with Gasteiger partial charge in [-0.25, -0.2) is 4.79 Å². The molecule has 8 nitrogen and oxygen atoms in total. The summed E-state index contributed by atoms with van der Waals surface area (Å²) in [5.41, 5.74) is -3.30. The van der Waals surface area contributed by atoms with Crippen LogP contribution in [-0.2, 0) is 17.1 Å². The third kappa shape index (κ3) is 4.93. The number of fused-ring (bicyclic) bond motifs is 1. The van der Waals surface area contributed by atoms with E-state index in [1.54, 1.807) is 11.8 Å². The average Bonchev–Trinajstić information content (AvgIpc) is 3.21. The molecular formula is C19H18F6N6O2S. The Morgan fingerprint density at radius 1 is 1.00 bits per heavy atom. The minimum absolute atomic E-state index is 0.0590. The largest absolute Gasteiger partial charge is 0.450 e. The Labute approximate surface area is 193 Å². The van der Waals surface area contributed by atoms with Crippen molar-refractivity contribution in [3.63, 3.8) is 0 Å². The van der Waals surface area contributed by atoms with Crippen LogP contribution in [0.4, 0.5) is 31.1 Å². The molecule has 0 bridgehead atoms. The zero-order chi connectivity index (χ0) is 24.7. The van der Waals surface area contributed by atoms with Crippen LogP contribution in [-0.4, -0.2) is 75.1 Å². The van der Waals surface area contributed by atoms with Crippen LogP contribution in [0.3, 0.4) is 0 Å². The Balaban J connectivity index is 1.64. The summed E-state index contributed by atoms with van der Waals surface area (Å²) >= 11 is 1.21. The molecule has 0 spiro atoms. The van der Waals surface area contributed by atoms with E-state index in [4.69, 9.17) is 4.74 Å². The lowest BCUT2D eigenvalue weighted by Gasteiger charge is -2.36. The molecule has 2 aliphatic heterocycles. The number of piperazine rings is 1. The Morgan fingerprint density at radius 3 is 2.18 bits per heavy atom. The van der Waals surface area contributed by atoms with Crippen molar-refractivity contribution in [1.82, 2.24) is 24.7 Å².